The Balaban J connectivity index is 1.32. The first-order valence-corrected chi connectivity index (χ1v) is 15.0. The van der Waals surface area contributed by atoms with Gasteiger partial charge in [0, 0.05) is 70.9 Å². The van der Waals surface area contributed by atoms with Crippen molar-refractivity contribution in [3.8, 4) is 0 Å². The summed E-state index contributed by atoms with van der Waals surface area (Å²) in [7, 11) is 1.85. The van der Waals surface area contributed by atoms with Crippen LogP contribution < -0.4 is 9.80 Å². The summed E-state index contributed by atoms with van der Waals surface area (Å²) in [5.41, 5.74) is 5.29. The number of anilines is 2. The molecule has 0 unspecified atom stereocenters. The van der Waals surface area contributed by atoms with Crippen molar-refractivity contribution in [3.05, 3.63) is 23.8 Å². The first kappa shape index (κ1) is 25.4. The minimum absolute atomic E-state index is 0.603. The highest BCUT2D eigenvalue weighted by Gasteiger charge is 2.35. The second-order valence-electron chi connectivity index (χ2n) is 12.3. The van der Waals surface area contributed by atoms with Crippen molar-refractivity contribution in [1.82, 2.24) is 4.90 Å². The summed E-state index contributed by atoms with van der Waals surface area (Å²) >= 11 is 0. The molecule has 0 aromatic heterocycles. The summed E-state index contributed by atoms with van der Waals surface area (Å²) in [4.78, 5) is 8.11. The van der Waals surface area contributed by atoms with Crippen LogP contribution in [0.4, 0.5) is 11.4 Å². The van der Waals surface area contributed by atoms with Gasteiger partial charge in [-0.3, -0.25) is 4.90 Å². The number of ether oxygens (including phenoxy) is 1. The Labute approximate surface area is 215 Å². The molecule has 196 valence electrons. The highest BCUT2D eigenvalue weighted by Crippen LogP contribution is 2.49. The van der Waals surface area contributed by atoms with Crippen LogP contribution in [0.2, 0.25) is 0 Å². The second-order valence-corrected chi connectivity index (χ2v) is 12.3. The van der Waals surface area contributed by atoms with Crippen LogP contribution in [-0.4, -0.2) is 64.4 Å². The number of hydrogen-bond acceptors (Lipinski definition) is 4. The third kappa shape index (κ3) is 6.01. The maximum atomic E-state index is 5.44. The van der Waals surface area contributed by atoms with Crippen LogP contribution in [0.25, 0.3) is 0 Å². The molecule has 1 aromatic carbocycles. The van der Waals surface area contributed by atoms with Gasteiger partial charge in [0.2, 0.25) is 0 Å². The van der Waals surface area contributed by atoms with E-state index < -0.39 is 0 Å². The van der Waals surface area contributed by atoms with E-state index in [-0.39, 0.29) is 0 Å². The summed E-state index contributed by atoms with van der Waals surface area (Å²) in [6.07, 6.45) is 13.7. The van der Waals surface area contributed by atoms with Crippen LogP contribution in [0.5, 0.6) is 0 Å². The lowest BCUT2D eigenvalue weighted by molar-refractivity contribution is 0.139. The standard InChI is InChI=1S/C31H51N3O/c1-4-31(5-2)14-10-27(11-15-31)29-22-28(33-16-12-26(13-17-33)24-35-3)8-9-30(29)34-20-18-32(19-21-34)23-25-6-7-25/h8-9,22,25-27H,4-7,10-21,23-24H2,1-3H3. The van der Waals surface area contributed by atoms with E-state index in [0.29, 0.717) is 5.41 Å². The first-order chi connectivity index (χ1) is 17.1. The van der Waals surface area contributed by atoms with Crippen molar-refractivity contribution in [3.63, 3.8) is 0 Å². The van der Waals surface area contributed by atoms with Crippen LogP contribution in [0.3, 0.4) is 0 Å². The van der Waals surface area contributed by atoms with Gasteiger partial charge in [-0.05, 0) is 98.3 Å². The number of piperidine rings is 1. The molecule has 2 aliphatic heterocycles. The Morgan fingerprint density at radius 2 is 1.49 bits per heavy atom. The number of piperazine rings is 1. The van der Waals surface area contributed by atoms with E-state index in [2.05, 4.69) is 46.7 Å². The zero-order chi connectivity index (χ0) is 24.3. The first-order valence-electron chi connectivity index (χ1n) is 15.0. The summed E-state index contributed by atoms with van der Waals surface area (Å²) < 4.78 is 5.44. The average molecular weight is 482 g/mol. The van der Waals surface area contributed by atoms with Gasteiger partial charge in [0.1, 0.15) is 0 Å². The molecule has 0 amide bonds. The van der Waals surface area contributed by atoms with Crippen LogP contribution >= 0.6 is 0 Å². The molecule has 4 fully saturated rings. The predicted octanol–water partition coefficient (Wildman–Crippen LogP) is 6.55. The fraction of sp³-hybridized carbons (Fsp3) is 0.806. The molecular weight excluding hydrogens is 430 g/mol. The lowest BCUT2D eigenvalue weighted by atomic mass is 9.66. The van der Waals surface area contributed by atoms with Crippen molar-refractivity contribution in [2.24, 2.45) is 17.3 Å². The van der Waals surface area contributed by atoms with Crippen molar-refractivity contribution in [1.29, 1.82) is 0 Å². The number of benzene rings is 1. The molecule has 4 nitrogen and oxygen atoms in total. The molecule has 4 heteroatoms. The zero-order valence-corrected chi connectivity index (χ0v) is 22.9. The number of methoxy groups -OCH3 is 1. The van der Waals surface area contributed by atoms with E-state index in [1.54, 1.807) is 11.3 Å². The van der Waals surface area contributed by atoms with E-state index in [0.717, 1.165) is 24.4 Å². The Morgan fingerprint density at radius 3 is 2.09 bits per heavy atom. The van der Waals surface area contributed by atoms with E-state index in [9.17, 15) is 0 Å². The second kappa shape index (κ2) is 11.4. The molecule has 5 rings (SSSR count). The van der Waals surface area contributed by atoms with E-state index in [4.69, 9.17) is 4.74 Å². The molecule has 0 bridgehead atoms. The van der Waals surface area contributed by atoms with Crippen molar-refractivity contribution >= 4 is 11.4 Å². The third-order valence-corrected chi connectivity index (χ3v) is 10.3. The lowest BCUT2D eigenvalue weighted by Gasteiger charge is -2.42. The molecule has 0 spiro atoms. The molecule has 4 aliphatic rings. The van der Waals surface area contributed by atoms with Crippen molar-refractivity contribution in [2.45, 2.75) is 84.0 Å². The highest BCUT2D eigenvalue weighted by atomic mass is 16.5. The van der Waals surface area contributed by atoms with Crippen molar-refractivity contribution < 1.29 is 4.74 Å². The SMILES string of the molecule is CCC1(CC)CCC(c2cc(N3CCC(COC)CC3)ccc2N2CCN(CC3CC3)CC2)CC1. The molecule has 0 atom stereocenters. The van der Waals surface area contributed by atoms with E-state index in [1.807, 2.05) is 7.11 Å². The maximum Gasteiger partial charge on any atom is 0.0491 e. The predicted molar refractivity (Wildman–Crippen MR) is 149 cm³/mol. The van der Waals surface area contributed by atoms with Crippen molar-refractivity contribution in [2.75, 3.05) is 69.3 Å². The molecule has 35 heavy (non-hydrogen) atoms. The molecule has 2 saturated heterocycles. The third-order valence-electron chi connectivity index (χ3n) is 10.3. The van der Waals surface area contributed by atoms with Gasteiger partial charge in [0.25, 0.3) is 0 Å². The van der Waals surface area contributed by atoms with Gasteiger partial charge >= 0.3 is 0 Å². The summed E-state index contributed by atoms with van der Waals surface area (Å²) in [5.74, 6) is 2.47. The number of hydrogen-bond donors (Lipinski definition) is 0. The van der Waals surface area contributed by atoms with Crippen LogP contribution in [-0.2, 0) is 4.74 Å². The van der Waals surface area contributed by atoms with Gasteiger partial charge in [-0.25, -0.2) is 0 Å². The monoisotopic (exact) mass is 481 g/mol. The molecule has 1 aromatic rings. The number of rotatable bonds is 9. The van der Waals surface area contributed by atoms with Gasteiger partial charge in [-0.2, -0.15) is 0 Å². The largest absolute Gasteiger partial charge is 0.384 e. The lowest BCUT2D eigenvalue weighted by Crippen LogP contribution is -2.47. The molecule has 2 saturated carbocycles. The smallest absolute Gasteiger partial charge is 0.0491 e. The molecule has 2 aliphatic carbocycles. The summed E-state index contributed by atoms with van der Waals surface area (Å²) in [6.45, 7) is 14.3. The average Bonchev–Trinajstić information content (AvgIpc) is 3.74. The minimum atomic E-state index is 0.603. The summed E-state index contributed by atoms with van der Waals surface area (Å²) in [5, 5.41) is 0. The Bertz CT molecular complexity index is 791. The maximum absolute atomic E-state index is 5.44. The normalized spacial score (nSPS) is 24.8. The zero-order valence-electron chi connectivity index (χ0n) is 22.9. The highest BCUT2D eigenvalue weighted by molar-refractivity contribution is 5.63. The van der Waals surface area contributed by atoms with Gasteiger partial charge < -0.3 is 14.5 Å². The van der Waals surface area contributed by atoms with Gasteiger partial charge in [-0.1, -0.05) is 26.7 Å². The van der Waals surface area contributed by atoms with Gasteiger partial charge in [0.05, 0.1) is 0 Å². The Morgan fingerprint density at radius 1 is 0.800 bits per heavy atom. The molecule has 0 N–H and O–H groups in total. The molecular formula is C31H51N3O. The fourth-order valence-corrected chi connectivity index (χ4v) is 7.28. The van der Waals surface area contributed by atoms with Gasteiger partial charge in [0.15, 0.2) is 0 Å². The van der Waals surface area contributed by atoms with Crippen LogP contribution in [0.1, 0.15) is 89.5 Å². The van der Waals surface area contributed by atoms with Crippen LogP contribution in [0, 0.1) is 17.3 Å². The fourth-order valence-electron chi connectivity index (χ4n) is 7.28. The molecule has 2 heterocycles. The van der Waals surface area contributed by atoms with E-state index in [1.165, 1.54) is 116 Å². The van der Waals surface area contributed by atoms with Gasteiger partial charge in [-0.15, -0.1) is 0 Å². The molecule has 0 radical (unpaired) electrons. The summed E-state index contributed by atoms with van der Waals surface area (Å²) in [6, 6.07) is 7.57. The Kier molecular flexibility index (Phi) is 8.29. The van der Waals surface area contributed by atoms with Crippen LogP contribution in [0.15, 0.2) is 18.2 Å². The van der Waals surface area contributed by atoms with E-state index >= 15 is 0 Å². The number of nitrogens with zero attached hydrogens (tertiary/aromatic N) is 3. The minimum Gasteiger partial charge on any atom is -0.384 e. The Hall–Kier alpha value is -1.26. The quantitative estimate of drug-likeness (QED) is 0.398. The topological polar surface area (TPSA) is 19.0 Å².